The van der Waals surface area contributed by atoms with Gasteiger partial charge in [0.15, 0.2) is 0 Å². The first kappa shape index (κ1) is 16.1. The van der Waals surface area contributed by atoms with Crippen molar-refractivity contribution in [2.24, 2.45) is 5.92 Å². The van der Waals surface area contributed by atoms with Crippen LogP contribution in [0.1, 0.15) is 42.3 Å². The van der Waals surface area contributed by atoms with Crippen molar-refractivity contribution in [1.82, 2.24) is 15.3 Å². The molecule has 2 aliphatic carbocycles. The summed E-state index contributed by atoms with van der Waals surface area (Å²) in [7, 11) is 0. The van der Waals surface area contributed by atoms with Crippen molar-refractivity contribution in [3.8, 4) is 22.4 Å². The van der Waals surface area contributed by atoms with Crippen LogP contribution in [0.2, 0.25) is 0 Å². The van der Waals surface area contributed by atoms with Gasteiger partial charge in [-0.2, -0.15) is 0 Å². The maximum Gasteiger partial charge on any atom is 0.124 e. The molecule has 2 fully saturated rings. The molecule has 3 aromatic rings. The van der Waals surface area contributed by atoms with E-state index in [0.717, 1.165) is 30.3 Å². The van der Waals surface area contributed by atoms with Gasteiger partial charge < -0.3 is 10.3 Å². The van der Waals surface area contributed by atoms with Gasteiger partial charge in [0.25, 0.3) is 0 Å². The fourth-order valence-electron chi connectivity index (χ4n) is 5.34. The zero-order valence-corrected chi connectivity index (χ0v) is 16.7. The summed E-state index contributed by atoms with van der Waals surface area (Å²) in [5.74, 6) is 1.87. The Hall–Kier alpha value is -1.91. The van der Waals surface area contributed by atoms with Gasteiger partial charge in [-0.25, -0.2) is 4.98 Å². The molecule has 3 nitrogen and oxygen atoms in total. The number of nitrogens with zero attached hydrogens (tertiary/aromatic N) is 1. The maximum atomic E-state index is 4.73. The van der Waals surface area contributed by atoms with Gasteiger partial charge in [-0.1, -0.05) is 34.1 Å². The molecule has 27 heavy (non-hydrogen) atoms. The van der Waals surface area contributed by atoms with Crippen LogP contribution < -0.4 is 5.32 Å². The molecule has 3 aliphatic rings. The normalized spacial score (nSPS) is 25.4. The standard InChI is InChI=1S/C23H22BrN3/c24-17-5-8-20-14(10-17)2-1-13-9-15(4-7-19(13)20)21-12-25-23(27-21)22-16-3-6-18(11-16)26-22/h4-5,7-10,12,16,18,22,26H,1-3,6,11H2,(H,25,27)/t16-,18+,22-/m0/s1. The van der Waals surface area contributed by atoms with E-state index in [1.807, 2.05) is 6.20 Å². The number of H-pyrrole nitrogens is 1. The zero-order chi connectivity index (χ0) is 18.0. The van der Waals surface area contributed by atoms with E-state index >= 15 is 0 Å². The number of nitrogens with one attached hydrogen (secondary N) is 2. The predicted octanol–water partition coefficient (Wildman–Crippen LogP) is 5.42. The SMILES string of the molecule is Brc1ccc2c(c1)CCc1cc(-c3cnc([C@H]4N[C@@H]5CC[C@H]4C5)[nH]3)ccc1-2. The minimum atomic E-state index is 0.417. The topological polar surface area (TPSA) is 40.7 Å². The number of aromatic amines is 1. The molecule has 6 rings (SSSR count). The van der Waals surface area contributed by atoms with Crippen LogP contribution in [-0.2, 0) is 12.8 Å². The summed E-state index contributed by atoms with van der Waals surface area (Å²) in [6.07, 6.45) is 8.20. The molecule has 1 aliphatic heterocycles. The fourth-order valence-corrected chi connectivity index (χ4v) is 5.74. The Morgan fingerprint density at radius 2 is 1.78 bits per heavy atom. The Bertz CT molecular complexity index is 1040. The van der Waals surface area contributed by atoms with Crippen molar-refractivity contribution in [3.63, 3.8) is 0 Å². The quantitative estimate of drug-likeness (QED) is 0.582. The lowest BCUT2D eigenvalue weighted by atomic mass is 9.84. The Kier molecular flexibility index (Phi) is 3.60. The highest BCUT2D eigenvalue weighted by molar-refractivity contribution is 9.10. The van der Waals surface area contributed by atoms with Crippen LogP contribution in [0.25, 0.3) is 22.4 Å². The van der Waals surface area contributed by atoms with Crippen molar-refractivity contribution in [1.29, 1.82) is 0 Å². The van der Waals surface area contributed by atoms with Crippen LogP contribution in [-0.4, -0.2) is 16.0 Å². The largest absolute Gasteiger partial charge is 0.341 e. The molecule has 3 atom stereocenters. The second-order valence-corrected chi connectivity index (χ2v) is 9.19. The Balaban J connectivity index is 1.33. The summed E-state index contributed by atoms with van der Waals surface area (Å²) >= 11 is 3.60. The number of rotatable bonds is 2. The molecule has 1 saturated carbocycles. The van der Waals surface area contributed by atoms with E-state index in [0.29, 0.717) is 12.1 Å². The molecule has 2 heterocycles. The van der Waals surface area contributed by atoms with Crippen LogP contribution in [0.15, 0.2) is 47.1 Å². The van der Waals surface area contributed by atoms with Crippen LogP contribution in [0.3, 0.4) is 0 Å². The monoisotopic (exact) mass is 419 g/mol. The van der Waals surface area contributed by atoms with E-state index in [9.17, 15) is 0 Å². The van der Waals surface area contributed by atoms with E-state index in [2.05, 4.69) is 62.6 Å². The molecule has 0 unspecified atom stereocenters. The minimum Gasteiger partial charge on any atom is -0.341 e. The smallest absolute Gasteiger partial charge is 0.124 e. The number of aryl methyl sites for hydroxylation is 2. The van der Waals surface area contributed by atoms with E-state index in [-0.39, 0.29) is 0 Å². The number of hydrogen-bond acceptors (Lipinski definition) is 2. The Labute approximate surface area is 167 Å². The summed E-state index contributed by atoms with van der Waals surface area (Å²) in [5, 5.41) is 3.74. The second kappa shape index (κ2) is 6.05. The summed E-state index contributed by atoms with van der Waals surface area (Å²) in [6, 6.07) is 14.6. The molecule has 2 bridgehead atoms. The average Bonchev–Trinajstić information content (AvgIpc) is 3.43. The molecular weight excluding hydrogens is 398 g/mol. The van der Waals surface area contributed by atoms with E-state index in [1.54, 1.807) is 0 Å². The zero-order valence-electron chi connectivity index (χ0n) is 15.1. The third kappa shape index (κ3) is 2.61. The molecule has 1 aromatic heterocycles. The number of fused-ring (bicyclic) bond motifs is 5. The highest BCUT2D eigenvalue weighted by atomic mass is 79.9. The highest BCUT2D eigenvalue weighted by Gasteiger charge is 2.41. The fraction of sp³-hybridized carbons (Fsp3) is 0.348. The van der Waals surface area contributed by atoms with Gasteiger partial charge in [-0.3, -0.25) is 0 Å². The van der Waals surface area contributed by atoms with E-state index in [1.165, 1.54) is 51.6 Å². The molecule has 136 valence electrons. The molecule has 1 saturated heterocycles. The van der Waals surface area contributed by atoms with Gasteiger partial charge >= 0.3 is 0 Å². The van der Waals surface area contributed by atoms with Crippen LogP contribution >= 0.6 is 15.9 Å². The van der Waals surface area contributed by atoms with Gasteiger partial charge in [0.1, 0.15) is 5.82 Å². The first-order valence-electron chi connectivity index (χ1n) is 9.97. The summed E-state index contributed by atoms with van der Waals surface area (Å²) < 4.78 is 1.17. The lowest BCUT2D eigenvalue weighted by Crippen LogP contribution is -2.29. The molecule has 2 N–H and O–H groups in total. The number of imidazole rings is 1. The van der Waals surface area contributed by atoms with Crippen molar-refractivity contribution in [3.05, 3.63) is 64.0 Å². The maximum absolute atomic E-state index is 4.73. The molecule has 2 aromatic carbocycles. The Morgan fingerprint density at radius 3 is 2.56 bits per heavy atom. The van der Waals surface area contributed by atoms with Gasteiger partial charge in [-0.05, 0) is 84.0 Å². The number of hydrogen-bond donors (Lipinski definition) is 2. The average molecular weight is 420 g/mol. The molecular formula is C23H22BrN3. The van der Waals surface area contributed by atoms with Crippen LogP contribution in [0.4, 0.5) is 0 Å². The third-order valence-corrected chi connectivity index (χ3v) is 7.18. The third-order valence-electron chi connectivity index (χ3n) is 6.69. The number of benzene rings is 2. The Morgan fingerprint density at radius 1 is 0.963 bits per heavy atom. The summed E-state index contributed by atoms with van der Waals surface area (Å²) in [4.78, 5) is 8.34. The second-order valence-electron chi connectivity index (χ2n) is 8.27. The number of halogens is 1. The van der Waals surface area contributed by atoms with Crippen molar-refractivity contribution in [2.75, 3.05) is 0 Å². The van der Waals surface area contributed by atoms with Gasteiger partial charge in [0.2, 0.25) is 0 Å². The minimum absolute atomic E-state index is 0.417. The van der Waals surface area contributed by atoms with Crippen molar-refractivity contribution < 1.29 is 0 Å². The van der Waals surface area contributed by atoms with Crippen LogP contribution in [0.5, 0.6) is 0 Å². The highest BCUT2D eigenvalue weighted by Crippen LogP contribution is 2.43. The summed E-state index contributed by atoms with van der Waals surface area (Å²) in [6.45, 7) is 0. The molecule has 4 heteroatoms. The molecule has 0 radical (unpaired) electrons. The predicted molar refractivity (Wildman–Crippen MR) is 112 cm³/mol. The lowest BCUT2D eigenvalue weighted by Gasteiger charge is -2.21. The van der Waals surface area contributed by atoms with Crippen molar-refractivity contribution in [2.45, 2.75) is 44.2 Å². The van der Waals surface area contributed by atoms with Crippen LogP contribution in [0, 0.1) is 5.92 Å². The number of piperidine rings is 1. The van der Waals surface area contributed by atoms with Gasteiger partial charge in [0, 0.05) is 10.5 Å². The summed E-state index contributed by atoms with van der Waals surface area (Å²) in [5.41, 5.74) is 8.02. The first-order valence-corrected chi connectivity index (χ1v) is 10.8. The lowest BCUT2D eigenvalue weighted by molar-refractivity contribution is 0.379. The van der Waals surface area contributed by atoms with Gasteiger partial charge in [0.05, 0.1) is 17.9 Å². The molecule has 0 spiro atoms. The van der Waals surface area contributed by atoms with E-state index in [4.69, 9.17) is 4.98 Å². The molecule has 0 amide bonds. The first-order chi connectivity index (χ1) is 13.2. The van der Waals surface area contributed by atoms with E-state index < -0.39 is 0 Å². The van der Waals surface area contributed by atoms with Gasteiger partial charge in [-0.15, -0.1) is 0 Å². The number of aromatic nitrogens is 2. The van der Waals surface area contributed by atoms with Crippen molar-refractivity contribution >= 4 is 15.9 Å².